The van der Waals surface area contributed by atoms with Crippen LogP contribution in [0.5, 0.6) is 11.5 Å². The number of hydrogen-bond donors (Lipinski definition) is 1. The summed E-state index contributed by atoms with van der Waals surface area (Å²) in [6, 6.07) is 17.9. The van der Waals surface area contributed by atoms with Crippen molar-refractivity contribution in [3.63, 3.8) is 0 Å². The number of benzene rings is 3. The fourth-order valence-electron chi connectivity index (χ4n) is 2.95. The van der Waals surface area contributed by atoms with Gasteiger partial charge in [0.2, 0.25) is 0 Å². The molecular formula is C25H18ClF3N2O3. The number of carbonyl (C=O) groups is 1. The monoisotopic (exact) mass is 486 g/mol. The van der Waals surface area contributed by atoms with Crippen molar-refractivity contribution in [2.45, 2.75) is 12.8 Å². The van der Waals surface area contributed by atoms with Crippen LogP contribution < -0.4 is 14.8 Å². The summed E-state index contributed by atoms with van der Waals surface area (Å²) in [4.78, 5) is 12.5. The first-order valence-corrected chi connectivity index (χ1v) is 10.2. The molecule has 0 saturated carbocycles. The highest BCUT2D eigenvalue weighted by atomic mass is 35.5. The number of nitrogens with one attached hydrogen (secondary N) is 1. The summed E-state index contributed by atoms with van der Waals surface area (Å²) in [6.45, 7) is 0.202. The molecule has 1 amide bonds. The molecule has 1 N–H and O–H groups in total. The topological polar surface area (TPSA) is 71.3 Å². The number of hydrogen-bond acceptors (Lipinski definition) is 4. The third-order valence-corrected chi connectivity index (χ3v) is 5.02. The minimum absolute atomic E-state index is 0.0816. The average Bonchev–Trinajstić information content (AvgIpc) is 2.82. The number of anilines is 1. The quantitative estimate of drug-likeness (QED) is 0.306. The molecule has 0 heterocycles. The van der Waals surface area contributed by atoms with Gasteiger partial charge in [0.15, 0.2) is 11.5 Å². The largest absolute Gasteiger partial charge is 0.493 e. The van der Waals surface area contributed by atoms with E-state index in [2.05, 4.69) is 5.32 Å². The maximum atomic E-state index is 12.9. The first-order valence-electron chi connectivity index (χ1n) is 9.86. The van der Waals surface area contributed by atoms with Crippen molar-refractivity contribution in [1.29, 1.82) is 5.26 Å². The molecule has 0 unspecified atom stereocenters. The second-order valence-electron chi connectivity index (χ2n) is 6.99. The number of methoxy groups -OCH3 is 1. The maximum absolute atomic E-state index is 12.9. The Kier molecular flexibility index (Phi) is 7.82. The van der Waals surface area contributed by atoms with Crippen molar-refractivity contribution in [2.75, 3.05) is 12.4 Å². The van der Waals surface area contributed by atoms with Crippen molar-refractivity contribution >= 4 is 29.3 Å². The van der Waals surface area contributed by atoms with Crippen molar-refractivity contribution in [1.82, 2.24) is 0 Å². The minimum atomic E-state index is -4.55. The molecule has 0 atom stereocenters. The number of nitrogens with zero attached hydrogens (tertiary/aromatic N) is 1. The molecule has 0 radical (unpaired) electrons. The number of nitriles is 1. The molecule has 9 heteroatoms. The molecule has 0 bridgehead atoms. The van der Waals surface area contributed by atoms with Gasteiger partial charge in [-0.25, -0.2) is 0 Å². The summed E-state index contributed by atoms with van der Waals surface area (Å²) in [7, 11) is 1.44. The Labute approximate surface area is 199 Å². The Morgan fingerprint density at radius 3 is 2.53 bits per heavy atom. The summed E-state index contributed by atoms with van der Waals surface area (Å²) < 4.78 is 49.8. The molecule has 34 heavy (non-hydrogen) atoms. The summed E-state index contributed by atoms with van der Waals surface area (Å²) in [5.41, 5.74) is -0.0538. The van der Waals surface area contributed by atoms with Gasteiger partial charge in [0, 0.05) is 16.3 Å². The number of amides is 1. The van der Waals surface area contributed by atoms with Crippen LogP contribution >= 0.6 is 11.6 Å². The van der Waals surface area contributed by atoms with Crippen LogP contribution in [0.15, 0.2) is 72.3 Å². The van der Waals surface area contributed by atoms with Gasteiger partial charge in [-0.3, -0.25) is 4.79 Å². The zero-order chi connectivity index (χ0) is 24.7. The van der Waals surface area contributed by atoms with Crippen molar-refractivity contribution in [3.05, 3.63) is 94.0 Å². The molecule has 3 aromatic carbocycles. The standard InChI is InChI=1S/C25H18ClF3N2O3/c1-33-23-12-16(9-10-22(23)34-15-17-5-2-3-8-21(17)26)11-18(14-30)24(32)31-20-7-4-6-19(13-20)25(27,28)29/h2-13H,15H2,1H3,(H,31,32)/b18-11-. The maximum Gasteiger partial charge on any atom is 0.416 e. The minimum Gasteiger partial charge on any atom is -0.493 e. The highest BCUT2D eigenvalue weighted by Gasteiger charge is 2.30. The fourth-order valence-corrected chi connectivity index (χ4v) is 3.14. The second-order valence-corrected chi connectivity index (χ2v) is 7.40. The van der Waals surface area contributed by atoms with E-state index in [0.29, 0.717) is 22.1 Å². The van der Waals surface area contributed by atoms with E-state index < -0.39 is 17.6 Å². The summed E-state index contributed by atoms with van der Waals surface area (Å²) >= 11 is 6.14. The first kappa shape index (κ1) is 24.7. The molecule has 0 fully saturated rings. The van der Waals surface area contributed by atoms with Crippen LogP contribution in [0.25, 0.3) is 6.08 Å². The van der Waals surface area contributed by atoms with Crippen LogP contribution in [0.4, 0.5) is 18.9 Å². The lowest BCUT2D eigenvalue weighted by molar-refractivity contribution is -0.137. The van der Waals surface area contributed by atoms with E-state index in [1.165, 1.54) is 25.3 Å². The van der Waals surface area contributed by atoms with E-state index in [4.69, 9.17) is 21.1 Å². The molecule has 0 aromatic heterocycles. The van der Waals surface area contributed by atoms with Gasteiger partial charge in [0.25, 0.3) is 5.91 Å². The summed E-state index contributed by atoms with van der Waals surface area (Å²) in [6.07, 6.45) is -3.26. The van der Waals surface area contributed by atoms with E-state index in [1.54, 1.807) is 30.3 Å². The van der Waals surface area contributed by atoms with E-state index in [-0.39, 0.29) is 17.9 Å². The van der Waals surface area contributed by atoms with Gasteiger partial charge in [0.1, 0.15) is 18.2 Å². The molecule has 0 spiro atoms. The third kappa shape index (κ3) is 6.30. The smallest absolute Gasteiger partial charge is 0.416 e. The van der Waals surface area contributed by atoms with Crippen LogP contribution in [0.2, 0.25) is 5.02 Å². The van der Waals surface area contributed by atoms with Gasteiger partial charge in [-0.2, -0.15) is 18.4 Å². The first-order chi connectivity index (χ1) is 16.2. The van der Waals surface area contributed by atoms with Crippen molar-refractivity contribution in [3.8, 4) is 17.6 Å². The Morgan fingerprint density at radius 1 is 1.09 bits per heavy atom. The molecule has 174 valence electrons. The highest BCUT2D eigenvalue weighted by molar-refractivity contribution is 6.31. The zero-order valence-electron chi connectivity index (χ0n) is 17.8. The Balaban J connectivity index is 1.77. The predicted molar refractivity (Wildman–Crippen MR) is 122 cm³/mol. The van der Waals surface area contributed by atoms with Gasteiger partial charge in [0.05, 0.1) is 12.7 Å². The number of halogens is 4. The summed E-state index contributed by atoms with van der Waals surface area (Å²) in [5, 5.41) is 12.3. The van der Waals surface area contributed by atoms with Crippen molar-refractivity contribution < 1.29 is 27.4 Å². The van der Waals surface area contributed by atoms with E-state index in [9.17, 15) is 23.2 Å². The average molecular weight is 487 g/mol. The number of carbonyl (C=O) groups excluding carboxylic acids is 1. The van der Waals surface area contributed by atoms with Crippen LogP contribution in [-0.2, 0) is 17.6 Å². The van der Waals surface area contributed by atoms with Gasteiger partial charge in [-0.1, -0.05) is 41.9 Å². The molecule has 0 saturated heterocycles. The molecule has 0 aliphatic rings. The van der Waals surface area contributed by atoms with Gasteiger partial charge in [-0.15, -0.1) is 0 Å². The Hall–Kier alpha value is -3.96. The van der Waals surface area contributed by atoms with Gasteiger partial charge >= 0.3 is 6.18 Å². The van der Waals surface area contributed by atoms with Crippen molar-refractivity contribution in [2.24, 2.45) is 0 Å². The molecule has 0 aliphatic heterocycles. The van der Waals surface area contributed by atoms with Crippen LogP contribution in [0.3, 0.4) is 0 Å². The lowest BCUT2D eigenvalue weighted by Crippen LogP contribution is -2.14. The molecule has 0 aliphatic carbocycles. The Morgan fingerprint density at radius 2 is 1.85 bits per heavy atom. The SMILES string of the molecule is COc1cc(/C=C(/C#N)C(=O)Nc2cccc(C(F)(F)F)c2)ccc1OCc1ccccc1Cl. The van der Waals surface area contributed by atoms with Gasteiger partial charge < -0.3 is 14.8 Å². The van der Waals surface area contributed by atoms with Crippen LogP contribution in [0, 0.1) is 11.3 Å². The van der Waals surface area contributed by atoms with E-state index in [0.717, 1.165) is 17.7 Å². The third-order valence-electron chi connectivity index (χ3n) is 4.65. The molecule has 3 rings (SSSR count). The number of ether oxygens (including phenoxy) is 2. The summed E-state index contributed by atoms with van der Waals surface area (Å²) in [5.74, 6) is -0.0669. The highest BCUT2D eigenvalue weighted by Crippen LogP contribution is 2.32. The number of rotatable bonds is 7. The van der Waals surface area contributed by atoms with E-state index >= 15 is 0 Å². The lowest BCUT2D eigenvalue weighted by atomic mass is 10.1. The molecular weight excluding hydrogens is 469 g/mol. The lowest BCUT2D eigenvalue weighted by Gasteiger charge is -2.12. The zero-order valence-corrected chi connectivity index (χ0v) is 18.6. The predicted octanol–water partition coefficient (Wildman–Crippen LogP) is 6.49. The van der Waals surface area contributed by atoms with Crippen LogP contribution in [-0.4, -0.2) is 13.0 Å². The molecule has 5 nitrogen and oxygen atoms in total. The molecule has 3 aromatic rings. The van der Waals surface area contributed by atoms with Crippen LogP contribution in [0.1, 0.15) is 16.7 Å². The van der Waals surface area contributed by atoms with Gasteiger partial charge in [-0.05, 0) is 48.0 Å². The number of alkyl halides is 3. The fraction of sp³-hybridized carbons (Fsp3) is 0.120. The Bertz CT molecular complexity index is 1270. The second kappa shape index (κ2) is 10.8. The normalized spacial score (nSPS) is 11.5. The van der Waals surface area contributed by atoms with E-state index in [1.807, 2.05) is 18.2 Å².